The zero-order chi connectivity index (χ0) is 38.1. The van der Waals surface area contributed by atoms with E-state index in [1.165, 1.54) is 13.1 Å². The van der Waals surface area contributed by atoms with Gasteiger partial charge in [-0.3, -0.25) is 20.0 Å². The quantitative estimate of drug-likeness (QED) is 0.0980. The second-order valence-corrected chi connectivity index (χ2v) is 14.4. The van der Waals surface area contributed by atoms with Gasteiger partial charge in [0.2, 0.25) is 0 Å². The number of hydrogen-bond donors (Lipinski definition) is 3. The number of hydrogen-bond acceptors (Lipinski definition) is 10. The van der Waals surface area contributed by atoms with Crippen LogP contribution in [0.1, 0.15) is 41.2 Å². The summed E-state index contributed by atoms with van der Waals surface area (Å²) in [5, 5.41) is 32.4. The number of ether oxygens (including phenoxy) is 3. The van der Waals surface area contributed by atoms with Gasteiger partial charge in [-0.2, -0.15) is 5.26 Å². The predicted molar refractivity (Wildman–Crippen MR) is 205 cm³/mol. The molecule has 0 aliphatic carbocycles. The first kappa shape index (κ1) is 39.8. The number of benzene rings is 3. The zero-order valence-electron chi connectivity index (χ0n) is 30.4. The lowest BCUT2D eigenvalue weighted by atomic mass is 9.96. The van der Waals surface area contributed by atoms with Crippen LogP contribution in [0.4, 0.5) is 0 Å². The Morgan fingerprint density at radius 2 is 1.75 bits per heavy atom. The van der Waals surface area contributed by atoms with Crippen LogP contribution in [-0.4, -0.2) is 89.5 Å². The van der Waals surface area contributed by atoms with E-state index in [1.807, 2.05) is 43.3 Å². The van der Waals surface area contributed by atoms with Gasteiger partial charge in [-0.05, 0) is 69.3 Å². The average molecular weight is 763 g/mol. The van der Waals surface area contributed by atoms with E-state index in [-0.39, 0.29) is 24.8 Å². The highest BCUT2D eigenvalue weighted by atomic mass is 35.5. The molecule has 1 saturated heterocycles. The van der Waals surface area contributed by atoms with Gasteiger partial charge in [0, 0.05) is 67.4 Å². The van der Waals surface area contributed by atoms with Crippen molar-refractivity contribution in [3.8, 4) is 34.4 Å². The number of carboxylic acid groups (broad SMARTS) is 1. The Labute approximate surface area is 320 Å². The van der Waals surface area contributed by atoms with Gasteiger partial charge in [0.15, 0.2) is 0 Å². The highest BCUT2D eigenvalue weighted by Gasteiger charge is 2.32. The largest absolute Gasteiger partial charge is 0.492 e. The standard InChI is InChI=1S/C40H45Cl2N5O6/c1-26-29(8-5-9-32(26)33-10-6-11-35(38(33)42)51-13-7-12-47-21-31(22-47)46(3)4)24-53-37-16-36(52-23-28-14-27(17-43)18-44-19-28)30(15-34(37)41)20-45-40(2,25-48)39(49)50/h5-6,8-11,14-16,18-19,31,45,48H,7,12-13,20-25H2,1-4H3,(H,49,50)/t40-/m1/s1. The van der Waals surface area contributed by atoms with E-state index in [2.05, 4.69) is 40.3 Å². The van der Waals surface area contributed by atoms with E-state index in [1.54, 1.807) is 24.4 Å². The fourth-order valence-corrected chi connectivity index (χ4v) is 6.40. The number of aliphatic hydroxyl groups is 1. The molecular formula is C40H45Cl2N5O6. The molecule has 1 aliphatic heterocycles. The Hall–Kier alpha value is -4.41. The molecule has 1 aliphatic rings. The van der Waals surface area contributed by atoms with Crippen LogP contribution >= 0.6 is 23.2 Å². The lowest BCUT2D eigenvalue weighted by Gasteiger charge is -2.42. The lowest BCUT2D eigenvalue weighted by molar-refractivity contribution is -0.145. The molecule has 280 valence electrons. The molecule has 0 bridgehead atoms. The molecule has 1 atom stereocenters. The minimum Gasteiger partial charge on any atom is -0.492 e. The molecule has 4 aromatic rings. The van der Waals surface area contributed by atoms with Gasteiger partial charge in [-0.1, -0.05) is 53.5 Å². The molecule has 11 nitrogen and oxygen atoms in total. The monoisotopic (exact) mass is 761 g/mol. The topological polar surface area (TPSA) is 140 Å². The molecule has 0 unspecified atom stereocenters. The van der Waals surface area contributed by atoms with Crippen LogP contribution in [0.5, 0.6) is 17.2 Å². The number of aromatic nitrogens is 1. The first-order chi connectivity index (χ1) is 25.4. The molecule has 0 saturated carbocycles. The van der Waals surface area contributed by atoms with E-state index in [9.17, 15) is 20.3 Å². The third-order valence-corrected chi connectivity index (χ3v) is 10.2. The first-order valence-corrected chi connectivity index (χ1v) is 18.1. The van der Waals surface area contributed by atoms with Crippen LogP contribution in [-0.2, 0) is 24.6 Å². The van der Waals surface area contributed by atoms with Gasteiger partial charge in [-0.25, -0.2) is 0 Å². The van der Waals surface area contributed by atoms with E-state index >= 15 is 0 Å². The van der Waals surface area contributed by atoms with Crippen LogP contribution in [0.2, 0.25) is 10.0 Å². The number of aliphatic hydroxyl groups excluding tert-OH is 1. The van der Waals surface area contributed by atoms with Gasteiger partial charge in [0.1, 0.15) is 42.1 Å². The lowest BCUT2D eigenvalue weighted by Crippen LogP contribution is -2.57. The van der Waals surface area contributed by atoms with Crippen molar-refractivity contribution >= 4 is 29.2 Å². The molecule has 53 heavy (non-hydrogen) atoms. The van der Waals surface area contributed by atoms with Crippen LogP contribution < -0.4 is 19.5 Å². The average Bonchev–Trinajstić information content (AvgIpc) is 3.13. The molecular weight excluding hydrogens is 717 g/mol. The summed E-state index contributed by atoms with van der Waals surface area (Å²) < 4.78 is 18.6. The van der Waals surface area contributed by atoms with Crippen molar-refractivity contribution in [2.24, 2.45) is 0 Å². The SMILES string of the molecule is Cc1c(COc2cc(OCc3cncc(C#N)c3)c(CN[C@](C)(CO)C(=O)O)cc2Cl)cccc1-c1cccc(OCCCN2CC(N(C)C)C2)c1Cl. The van der Waals surface area contributed by atoms with Crippen LogP contribution in [0, 0.1) is 18.3 Å². The van der Waals surface area contributed by atoms with E-state index in [4.69, 9.17) is 37.4 Å². The summed E-state index contributed by atoms with van der Waals surface area (Å²) in [6, 6.07) is 19.4. The number of likely N-dealkylation sites (tertiary alicyclic amines) is 1. The number of aliphatic carboxylic acids is 1. The summed E-state index contributed by atoms with van der Waals surface area (Å²) in [4.78, 5) is 20.6. The number of likely N-dealkylation sites (N-methyl/N-ethyl adjacent to an activating group) is 1. The molecule has 2 heterocycles. The van der Waals surface area contributed by atoms with Gasteiger partial charge >= 0.3 is 5.97 Å². The van der Waals surface area contributed by atoms with Gasteiger partial charge in [0.05, 0.1) is 28.8 Å². The second-order valence-electron chi connectivity index (χ2n) is 13.6. The summed E-state index contributed by atoms with van der Waals surface area (Å²) in [7, 11) is 4.24. The van der Waals surface area contributed by atoms with Crippen molar-refractivity contribution in [2.75, 3.05) is 46.9 Å². The Kier molecular flexibility index (Phi) is 13.6. The maximum Gasteiger partial charge on any atom is 0.326 e. The number of nitrogens with zero attached hydrogens (tertiary/aromatic N) is 4. The summed E-state index contributed by atoms with van der Waals surface area (Å²) in [6.45, 7) is 6.79. The van der Waals surface area contributed by atoms with Crippen molar-refractivity contribution in [3.63, 3.8) is 0 Å². The molecule has 5 rings (SSSR count). The van der Waals surface area contributed by atoms with Gasteiger partial charge in [-0.15, -0.1) is 0 Å². The maximum absolute atomic E-state index is 11.8. The summed E-state index contributed by atoms with van der Waals surface area (Å²) >= 11 is 13.6. The Morgan fingerprint density at radius 1 is 1.02 bits per heavy atom. The van der Waals surface area contributed by atoms with E-state index in [0.717, 1.165) is 48.3 Å². The first-order valence-electron chi connectivity index (χ1n) is 17.3. The summed E-state index contributed by atoms with van der Waals surface area (Å²) in [6.07, 6.45) is 3.97. The van der Waals surface area contributed by atoms with Crippen LogP contribution in [0.25, 0.3) is 11.1 Å². The van der Waals surface area contributed by atoms with Gasteiger partial charge < -0.3 is 29.3 Å². The van der Waals surface area contributed by atoms with Crippen molar-refractivity contribution in [2.45, 2.75) is 51.6 Å². The number of carbonyl (C=O) groups is 1. The predicted octanol–water partition coefficient (Wildman–Crippen LogP) is 6.33. The fraction of sp³-hybridized carbons (Fsp3) is 0.375. The number of pyridine rings is 1. The van der Waals surface area contributed by atoms with Crippen molar-refractivity contribution in [3.05, 3.63) is 105 Å². The number of rotatable bonds is 18. The molecule has 3 aromatic carbocycles. The van der Waals surface area contributed by atoms with Crippen molar-refractivity contribution in [1.29, 1.82) is 5.26 Å². The van der Waals surface area contributed by atoms with Crippen molar-refractivity contribution < 1.29 is 29.2 Å². The number of carboxylic acids is 1. The van der Waals surface area contributed by atoms with Crippen LogP contribution in [0.15, 0.2) is 67.0 Å². The third-order valence-electron chi connectivity index (χ3n) is 9.52. The Bertz CT molecular complexity index is 1950. The zero-order valence-corrected chi connectivity index (χ0v) is 31.9. The molecule has 13 heteroatoms. The number of nitriles is 1. The van der Waals surface area contributed by atoms with Gasteiger partial charge in [0.25, 0.3) is 0 Å². The number of nitrogens with one attached hydrogen (secondary N) is 1. The van der Waals surface area contributed by atoms with E-state index in [0.29, 0.717) is 51.6 Å². The second kappa shape index (κ2) is 18.1. The van der Waals surface area contributed by atoms with Crippen molar-refractivity contribution in [1.82, 2.24) is 20.1 Å². The Morgan fingerprint density at radius 3 is 2.47 bits per heavy atom. The molecule has 1 aromatic heterocycles. The maximum atomic E-state index is 11.8. The molecule has 1 fully saturated rings. The van der Waals surface area contributed by atoms with Crippen LogP contribution in [0.3, 0.4) is 0 Å². The normalized spacial score (nSPS) is 14.3. The van der Waals surface area contributed by atoms with E-state index < -0.39 is 18.1 Å². The minimum absolute atomic E-state index is 0.0233. The third kappa shape index (κ3) is 9.97. The molecule has 0 spiro atoms. The minimum atomic E-state index is -1.59. The highest BCUT2D eigenvalue weighted by Crippen LogP contribution is 2.39. The molecule has 3 N–H and O–H groups in total. The summed E-state index contributed by atoms with van der Waals surface area (Å²) in [5.41, 5.74) is 3.71. The Balaban J connectivity index is 1.30. The smallest absolute Gasteiger partial charge is 0.326 e. The summed E-state index contributed by atoms with van der Waals surface area (Å²) in [5.74, 6) is 0.168. The molecule has 0 amide bonds. The number of halogens is 2. The molecule has 0 radical (unpaired) electrons. The highest BCUT2D eigenvalue weighted by molar-refractivity contribution is 6.35. The fourth-order valence-electron chi connectivity index (χ4n) is 5.88.